The van der Waals surface area contributed by atoms with Crippen molar-refractivity contribution in [2.45, 2.75) is 39.1 Å². The van der Waals surface area contributed by atoms with Gasteiger partial charge in [0.15, 0.2) is 0 Å². The smallest absolute Gasteiger partial charge is 0.125 e. The van der Waals surface area contributed by atoms with Crippen molar-refractivity contribution in [3.63, 3.8) is 0 Å². The molecule has 0 saturated carbocycles. The van der Waals surface area contributed by atoms with E-state index in [2.05, 4.69) is 0 Å². The van der Waals surface area contributed by atoms with Gasteiger partial charge in [-0.3, -0.25) is 0 Å². The zero-order chi connectivity index (χ0) is 13.5. The van der Waals surface area contributed by atoms with E-state index < -0.39 is 12.2 Å². The maximum atomic E-state index is 9.68. The molecule has 4 nitrogen and oxygen atoms in total. The van der Waals surface area contributed by atoms with Crippen LogP contribution in [0.1, 0.15) is 32.4 Å². The number of hydrogen-bond acceptors (Lipinski definition) is 4. The highest BCUT2D eigenvalue weighted by Crippen LogP contribution is 2.24. The van der Waals surface area contributed by atoms with Crippen molar-refractivity contribution in [2.75, 3.05) is 13.2 Å². The minimum atomic E-state index is -0.672. The molecule has 0 aliphatic heterocycles. The van der Waals surface area contributed by atoms with E-state index in [1.807, 2.05) is 26.0 Å². The SMILES string of the molecule is CC(C)OCC(O)COc1ccccc1[C@H](C)O. The van der Waals surface area contributed by atoms with Crippen LogP contribution in [0, 0.1) is 0 Å². The van der Waals surface area contributed by atoms with Gasteiger partial charge in [-0.25, -0.2) is 0 Å². The van der Waals surface area contributed by atoms with Crippen LogP contribution in [0.25, 0.3) is 0 Å². The van der Waals surface area contributed by atoms with E-state index >= 15 is 0 Å². The number of para-hydroxylation sites is 1. The predicted molar refractivity (Wildman–Crippen MR) is 69.7 cm³/mol. The fraction of sp³-hybridized carbons (Fsp3) is 0.571. The Labute approximate surface area is 108 Å². The third kappa shape index (κ3) is 5.04. The van der Waals surface area contributed by atoms with Crippen molar-refractivity contribution in [1.82, 2.24) is 0 Å². The first kappa shape index (κ1) is 15.0. The second kappa shape index (κ2) is 7.36. The second-order valence-electron chi connectivity index (χ2n) is 4.56. The third-order valence-corrected chi connectivity index (χ3v) is 2.42. The molecule has 0 aromatic heterocycles. The summed E-state index contributed by atoms with van der Waals surface area (Å²) in [5.74, 6) is 0.594. The summed E-state index contributed by atoms with van der Waals surface area (Å²) in [7, 11) is 0. The van der Waals surface area contributed by atoms with Crippen molar-refractivity contribution in [3.05, 3.63) is 29.8 Å². The van der Waals surface area contributed by atoms with Gasteiger partial charge in [-0.15, -0.1) is 0 Å². The number of aliphatic hydroxyl groups is 2. The van der Waals surface area contributed by atoms with Crippen LogP contribution >= 0.6 is 0 Å². The Hall–Kier alpha value is -1.10. The minimum Gasteiger partial charge on any atom is -0.490 e. The summed E-state index contributed by atoms with van der Waals surface area (Å²) in [6.07, 6.45) is -1.18. The van der Waals surface area contributed by atoms with E-state index in [0.717, 1.165) is 5.56 Å². The molecule has 0 saturated heterocycles. The van der Waals surface area contributed by atoms with Gasteiger partial charge in [-0.1, -0.05) is 18.2 Å². The number of hydrogen-bond donors (Lipinski definition) is 2. The maximum absolute atomic E-state index is 9.68. The molecule has 0 fully saturated rings. The summed E-state index contributed by atoms with van der Waals surface area (Å²) in [5, 5.41) is 19.3. The van der Waals surface area contributed by atoms with Gasteiger partial charge in [0.2, 0.25) is 0 Å². The fourth-order valence-corrected chi connectivity index (χ4v) is 1.49. The molecule has 0 amide bonds. The van der Waals surface area contributed by atoms with Gasteiger partial charge in [0.1, 0.15) is 18.5 Å². The first-order valence-electron chi connectivity index (χ1n) is 6.20. The van der Waals surface area contributed by atoms with Crippen LogP contribution in [-0.4, -0.2) is 35.6 Å². The zero-order valence-electron chi connectivity index (χ0n) is 11.2. The lowest BCUT2D eigenvalue weighted by Crippen LogP contribution is -2.25. The summed E-state index contributed by atoms with van der Waals surface area (Å²) in [6, 6.07) is 7.25. The largest absolute Gasteiger partial charge is 0.490 e. The molecule has 4 heteroatoms. The second-order valence-corrected chi connectivity index (χ2v) is 4.56. The van der Waals surface area contributed by atoms with Crippen LogP contribution in [-0.2, 0) is 4.74 Å². The van der Waals surface area contributed by atoms with E-state index in [1.165, 1.54) is 0 Å². The lowest BCUT2D eigenvalue weighted by Gasteiger charge is -2.17. The fourth-order valence-electron chi connectivity index (χ4n) is 1.49. The average molecular weight is 254 g/mol. The number of ether oxygens (including phenoxy) is 2. The highest BCUT2D eigenvalue weighted by Gasteiger charge is 2.11. The van der Waals surface area contributed by atoms with Crippen LogP contribution < -0.4 is 4.74 Å². The molecular weight excluding hydrogens is 232 g/mol. The van der Waals surface area contributed by atoms with E-state index in [-0.39, 0.29) is 19.3 Å². The standard InChI is InChI=1S/C14H22O4/c1-10(2)17-8-12(16)9-18-14-7-5-4-6-13(14)11(3)15/h4-7,10-12,15-16H,8-9H2,1-3H3/t11-,12?/m0/s1. The van der Waals surface area contributed by atoms with Gasteiger partial charge < -0.3 is 19.7 Å². The summed E-state index contributed by atoms with van der Waals surface area (Å²) in [5.41, 5.74) is 0.717. The first-order chi connectivity index (χ1) is 8.50. The highest BCUT2D eigenvalue weighted by molar-refractivity contribution is 5.34. The molecule has 1 unspecified atom stereocenters. The van der Waals surface area contributed by atoms with E-state index in [4.69, 9.17) is 9.47 Å². The summed E-state index contributed by atoms with van der Waals surface area (Å²) >= 11 is 0. The van der Waals surface area contributed by atoms with Gasteiger partial charge in [0.05, 0.1) is 18.8 Å². The van der Waals surface area contributed by atoms with Gasteiger partial charge in [0, 0.05) is 5.56 Å². The van der Waals surface area contributed by atoms with Gasteiger partial charge in [-0.05, 0) is 26.8 Å². The van der Waals surface area contributed by atoms with Crippen molar-refractivity contribution in [3.8, 4) is 5.75 Å². The van der Waals surface area contributed by atoms with Crippen LogP contribution in [0.4, 0.5) is 0 Å². The predicted octanol–water partition coefficient (Wildman–Crippen LogP) is 1.90. The van der Waals surface area contributed by atoms with Crippen molar-refractivity contribution in [2.24, 2.45) is 0 Å². The molecule has 0 aliphatic carbocycles. The lowest BCUT2D eigenvalue weighted by molar-refractivity contribution is -0.0126. The minimum absolute atomic E-state index is 0.0874. The Morgan fingerprint density at radius 3 is 2.33 bits per heavy atom. The Balaban J connectivity index is 2.48. The van der Waals surface area contributed by atoms with E-state index in [0.29, 0.717) is 5.75 Å². The molecule has 2 N–H and O–H groups in total. The van der Waals surface area contributed by atoms with Crippen LogP contribution in [0.3, 0.4) is 0 Å². The molecule has 1 rings (SSSR count). The molecule has 2 atom stereocenters. The van der Waals surface area contributed by atoms with E-state index in [1.54, 1.807) is 19.1 Å². The normalized spacial score (nSPS) is 14.6. The number of rotatable bonds is 7. The molecule has 0 heterocycles. The molecule has 0 bridgehead atoms. The quantitative estimate of drug-likeness (QED) is 0.780. The molecule has 0 spiro atoms. The summed E-state index contributed by atoms with van der Waals surface area (Å²) < 4.78 is 10.8. The Bertz CT molecular complexity index is 349. The molecule has 1 aromatic rings. The molecular formula is C14H22O4. The summed E-state index contributed by atoms with van der Waals surface area (Å²) in [4.78, 5) is 0. The third-order valence-electron chi connectivity index (χ3n) is 2.42. The number of benzene rings is 1. The topological polar surface area (TPSA) is 58.9 Å². The lowest BCUT2D eigenvalue weighted by atomic mass is 10.1. The Morgan fingerprint density at radius 1 is 1.06 bits per heavy atom. The highest BCUT2D eigenvalue weighted by atomic mass is 16.5. The van der Waals surface area contributed by atoms with Crippen molar-refractivity contribution < 1.29 is 19.7 Å². The van der Waals surface area contributed by atoms with Crippen LogP contribution in [0.15, 0.2) is 24.3 Å². The summed E-state index contributed by atoms with van der Waals surface area (Å²) in [6.45, 7) is 5.90. The zero-order valence-corrected chi connectivity index (χ0v) is 11.2. The number of aliphatic hydroxyl groups excluding tert-OH is 2. The molecule has 18 heavy (non-hydrogen) atoms. The van der Waals surface area contributed by atoms with Crippen molar-refractivity contribution in [1.29, 1.82) is 0 Å². The maximum Gasteiger partial charge on any atom is 0.125 e. The monoisotopic (exact) mass is 254 g/mol. The van der Waals surface area contributed by atoms with Crippen LogP contribution in [0.2, 0.25) is 0 Å². The van der Waals surface area contributed by atoms with Gasteiger partial charge >= 0.3 is 0 Å². The van der Waals surface area contributed by atoms with Gasteiger partial charge in [-0.2, -0.15) is 0 Å². The van der Waals surface area contributed by atoms with E-state index in [9.17, 15) is 10.2 Å². The molecule has 0 radical (unpaired) electrons. The Morgan fingerprint density at radius 2 is 1.72 bits per heavy atom. The molecule has 1 aromatic carbocycles. The first-order valence-corrected chi connectivity index (χ1v) is 6.20. The average Bonchev–Trinajstić information content (AvgIpc) is 2.34. The van der Waals surface area contributed by atoms with Crippen LogP contribution in [0.5, 0.6) is 5.75 Å². The molecule has 0 aliphatic rings. The Kier molecular flexibility index (Phi) is 6.12. The van der Waals surface area contributed by atoms with Crippen molar-refractivity contribution >= 4 is 0 Å². The molecule has 102 valence electrons. The van der Waals surface area contributed by atoms with Gasteiger partial charge in [0.25, 0.3) is 0 Å².